The first-order valence-electron chi connectivity index (χ1n) is 10.1. The molecule has 1 aromatic rings. The van der Waals surface area contributed by atoms with Crippen LogP contribution >= 0.6 is 35.6 Å². The van der Waals surface area contributed by atoms with Crippen LogP contribution in [0.3, 0.4) is 0 Å². The first kappa shape index (κ1) is 31.1. The van der Waals surface area contributed by atoms with Crippen LogP contribution < -0.4 is 0 Å². The van der Waals surface area contributed by atoms with Crippen molar-refractivity contribution in [3.8, 4) is 0 Å². The van der Waals surface area contributed by atoms with Gasteiger partial charge in [-0.3, -0.25) is 0 Å². The standard InChI is InChI=1S/C24H44P2.2H3P/c1-21(2,3)25(22(4,5)6)17-19-15-13-14-16-20(19)18-26(23(7,8)9)24(10,11)12;;/h13-16H,17-18H2,1-12H3;2*1H3. The predicted octanol–water partition coefficient (Wildman–Crippen LogP) is 8.96. The van der Waals surface area contributed by atoms with Gasteiger partial charge in [0, 0.05) is 0 Å². The zero-order valence-corrected chi connectivity index (χ0v) is 25.6. The lowest BCUT2D eigenvalue weighted by Crippen LogP contribution is -2.27. The van der Waals surface area contributed by atoms with Gasteiger partial charge in [-0.05, 0) is 44.1 Å². The molecule has 0 spiro atoms. The fourth-order valence-corrected chi connectivity index (χ4v) is 11.4. The van der Waals surface area contributed by atoms with E-state index in [4.69, 9.17) is 0 Å². The Morgan fingerprint density at radius 3 is 0.893 bits per heavy atom. The van der Waals surface area contributed by atoms with Gasteiger partial charge in [-0.2, -0.15) is 19.8 Å². The second kappa shape index (κ2) is 11.0. The summed E-state index contributed by atoms with van der Waals surface area (Å²) in [6.45, 7) is 29.2. The largest absolute Gasteiger partial charge is 0.153 e. The minimum absolute atomic E-state index is 0. The molecule has 0 aliphatic carbocycles. The molecule has 166 valence electrons. The Balaban J connectivity index is 0. The van der Waals surface area contributed by atoms with E-state index in [9.17, 15) is 0 Å². The molecule has 0 nitrogen and oxygen atoms in total. The van der Waals surface area contributed by atoms with Crippen molar-refractivity contribution in [2.24, 2.45) is 0 Å². The van der Waals surface area contributed by atoms with Crippen LogP contribution in [0.25, 0.3) is 0 Å². The van der Waals surface area contributed by atoms with Gasteiger partial charge in [0.05, 0.1) is 0 Å². The molecule has 0 N–H and O–H groups in total. The molecule has 0 amide bonds. The summed E-state index contributed by atoms with van der Waals surface area (Å²) < 4.78 is 0. The molecule has 1 aromatic carbocycles. The number of benzene rings is 1. The van der Waals surface area contributed by atoms with Crippen LogP contribution in [0.15, 0.2) is 24.3 Å². The fourth-order valence-electron chi connectivity index (χ4n) is 4.17. The Bertz CT molecular complexity index is 499. The number of hydrogen-bond donors (Lipinski definition) is 0. The molecule has 0 aliphatic rings. The Morgan fingerprint density at radius 1 is 0.500 bits per heavy atom. The summed E-state index contributed by atoms with van der Waals surface area (Å²) in [6.07, 6.45) is 2.49. The van der Waals surface area contributed by atoms with E-state index in [2.05, 4.69) is 107 Å². The molecule has 0 aliphatic heterocycles. The highest BCUT2D eigenvalue weighted by molar-refractivity contribution is 7.60. The second-order valence-corrected chi connectivity index (χ2v) is 19.3. The average Bonchev–Trinajstić information content (AvgIpc) is 2.38. The Morgan fingerprint density at radius 2 is 0.714 bits per heavy atom. The van der Waals surface area contributed by atoms with E-state index in [-0.39, 0.29) is 35.6 Å². The third-order valence-corrected chi connectivity index (χ3v) is 12.8. The van der Waals surface area contributed by atoms with Crippen LogP contribution in [-0.4, -0.2) is 20.6 Å². The van der Waals surface area contributed by atoms with Crippen molar-refractivity contribution < 1.29 is 0 Å². The summed E-state index contributed by atoms with van der Waals surface area (Å²) in [5.74, 6) is 0. The SMILES string of the molecule is CC(C)(C)P(Cc1ccccc1CP(C(C)(C)C)C(C)(C)C)C(C)(C)C.P.P. The van der Waals surface area contributed by atoms with Crippen LogP contribution in [0.1, 0.15) is 94.2 Å². The molecule has 2 atom stereocenters. The molecule has 0 radical (unpaired) electrons. The topological polar surface area (TPSA) is 0 Å². The van der Waals surface area contributed by atoms with Crippen LogP contribution in [-0.2, 0) is 12.3 Å². The lowest BCUT2D eigenvalue weighted by atomic mass is 10.1. The molecule has 0 fully saturated rings. The van der Waals surface area contributed by atoms with E-state index < -0.39 is 0 Å². The quantitative estimate of drug-likeness (QED) is 0.392. The Hall–Kier alpha value is 0.940. The highest BCUT2D eigenvalue weighted by Crippen LogP contribution is 2.63. The van der Waals surface area contributed by atoms with Gasteiger partial charge in [0.25, 0.3) is 0 Å². The van der Waals surface area contributed by atoms with Crippen LogP contribution in [0, 0.1) is 0 Å². The van der Waals surface area contributed by atoms with E-state index in [0.717, 1.165) is 0 Å². The molecule has 2 unspecified atom stereocenters. The smallest absolute Gasteiger partial charge is 0.00608 e. The molecule has 0 aromatic heterocycles. The monoisotopic (exact) mass is 462 g/mol. The van der Waals surface area contributed by atoms with E-state index in [0.29, 0.717) is 20.6 Å². The van der Waals surface area contributed by atoms with E-state index in [1.54, 1.807) is 11.1 Å². The summed E-state index contributed by atoms with van der Waals surface area (Å²) in [6, 6.07) is 9.30. The van der Waals surface area contributed by atoms with Gasteiger partial charge in [-0.15, -0.1) is 0 Å². The van der Waals surface area contributed by atoms with E-state index >= 15 is 0 Å². The first-order valence-corrected chi connectivity index (χ1v) is 13.1. The lowest BCUT2D eigenvalue weighted by molar-refractivity contribution is 0.699. The predicted molar refractivity (Wildman–Crippen MR) is 149 cm³/mol. The Labute approximate surface area is 187 Å². The zero-order valence-electron chi connectivity index (χ0n) is 21.0. The molecule has 28 heavy (non-hydrogen) atoms. The number of rotatable bonds is 4. The highest BCUT2D eigenvalue weighted by Gasteiger charge is 2.36. The van der Waals surface area contributed by atoms with Crippen LogP contribution in [0.4, 0.5) is 0 Å². The van der Waals surface area contributed by atoms with Crippen LogP contribution in [0.2, 0.25) is 0 Å². The van der Waals surface area contributed by atoms with Crippen LogP contribution in [0.5, 0.6) is 0 Å². The maximum absolute atomic E-state index is 2.43. The third kappa shape index (κ3) is 9.39. The van der Waals surface area contributed by atoms with E-state index in [1.165, 1.54) is 12.3 Å². The minimum Gasteiger partial charge on any atom is -0.153 e. The van der Waals surface area contributed by atoms with Crippen molar-refractivity contribution in [2.75, 3.05) is 0 Å². The van der Waals surface area contributed by atoms with E-state index in [1.807, 2.05) is 0 Å². The highest BCUT2D eigenvalue weighted by atomic mass is 31.1. The molecule has 4 heteroatoms. The molecular formula is C24H50P4. The van der Waals surface area contributed by atoms with Crippen molar-refractivity contribution in [1.82, 2.24) is 0 Å². The lowest BCUT2D eigenvalue weighted by Gasteiger charge is -2.43. The zero-order chi connectivity index (χ0) is 20.6. The number of hydrogen-bond acceptors (Lipinski definition) is 0. The average molecular weight is 463 g/mol. The fraction of sp³-hybridized carbons (Fsp3) is 0.750. The van der Waals surface area contributed by atoms with Gasteiger partial charge in [-0.25, -0.2) is 0 Å². The summed E-state index contributed by atoms with van der Waals surface area (Å²) in [4.78, 5) is 0. The molecule has 0 saturated heterocycles. The van der Waals surface area contributed by atoms with Gasteiger partial charge in [-0.1, -0.05) is 123 Å². The summed E-state index contributed by atoms with van der Waals surface area (Å²) in [5, 5.41) is 1.50. The van der Waals surface area contributed by atoms with Crippen molar-refractivity contribution >= 4 is 35.6 Å². The molecule has 0 heterocycles. The summed E-state index contributed by atoms with van der Waals surface area (Å²) in [7, 11) is -0.218. The third-order valence-electron chi connectivity index (χ3n) is 5.01. The maximum atomic E-state index is 2.43. The maximum Gasteiger partial charge on any atom is -0.00608 e. The summed E-state index contributed by atoms with van der Waals surface area (Å²) in [5.41, 5.74) is 3.20. The first-order chi connectivity index (χ1) is 11.4. The minimum atomic E-state index is -0.109. The van der Waals surface area contributed by atoms with Crippen molar-refractivity contribution in [3.63, 3.8) is 0 Å². The normalized spacial score (nSPS) is 13.4. The molecule has 0 saturated carbocycles. The van der Waals surface area contributed by atoms with Crippen molar-refractivity contribution in [2.45, 2.75) is 116 Å². The molecule has 1 rings (SSSR count). The summed E-state index contributed by atoms with van der Waals surface area (Å²) >= 11 is 0. The Kier molecular flexibility index (Phi) is 12.2. The van der Waals surface area contributed by atoms with Crippen molar-refractivity contribution in [3.05, 3.63) is 35.4 Å². The molecule has 0 bridgehead atoms. The van der Waals surface area contributed by atoms with Gasteiger partial charge in [0.15, 0.2) is 0 Å². The second-order valence-electron chi connectivity index (χ2n) is 11.6. The van der Waals surface area contributed by atoms with Crippen molar-refractivity contribution in [1.29, 1.82) is 0 Å². The van der Waals surface area contributed by atoms with Gasteiger partial charge >= 0.3 is 0 Å². The van der Waals surface area contributed by atoms with Gasteiger partial charge in [0.1, 0.15) is 0 Å². The van der Waals surface area contributed by atoms with Gasteiger partial charge in [0.2, 0.25) is 0 Å². The van der Waals surface area contributed by atoms with Gasteiger partial charge < -0.3 is 0 Å². The molecular weight excluding hydrogens is 412 g/mol.